The van der Waals surface area contributed by atoms with Gasteiger partial charge in [-0.15, -0.1) is 18.3 Å². The van der Waals surface area contributed by atoms with E-state index in [-0.39, 0.29) is 12.1 Å². The van der Waals surface area contributed by atoms with Crippen molar-refractivity contribution in [2.75, 3.05) is 10.6 Å². The van der Waals surface area contributed by atoms with E-state index in [0.717, 1.165) is 35.6 Å². The summed E-state index contributed by atoms with van der Waals surface area (Å²) in [6.45, 7) is 1.82. The topological polar surface area (TPSA) is 107 Å². The number of alkyl halides is 3. The zero-order valence-electron chi connectivity index (χ0n) is 17.0. The van der Waals surface area contributed by atoms with E-state index in [1.807, 2.05) is 6.92 Å². The largest absolute Gasteiger partial charge is 0.573 e. The molecule has 1 fully saturated rings. The van der Waals surface area contributed by atoms with Gasteiger partial charge < -0.3 is 15.4 Å². The Hall–Kier alpha value is -3.70. The number of hydrogen-bond donors (Lipinski definition) is 2. The standard InChI is InChI=1S/C20H20F3N7O2/c1-12-10-25-19(29-28-12)27-14-5-4-13(9-14)26-17-7-6-15(11-24-17)30-8-2-3-16(18(30)31)32-20(21,22)23/h2-3,6-8,10-11,13-14H,4-5,9H2,1H3,(H,24,26)(H,25,27,29)/t13-,14-/m0/s1. The van der Waals surface area contributed by atoms with Gasteiger partial charge in [-0.3, -0.25) is 9.36 Å². The molecule has 2 N–H and O–H groups in total. The normalized spacial score (nSPS) is 18.4. The first kappa shape index (κ1) is 21.5. The molecule has 0 bridgehead atoms. The maximum atomic E-state index is 12.5. The van der Waals surface area contributed by atoms with Crippen molar-refractivity contribution in [3.05, 3.63) is 58.9 Å². The van der Waals surface area contributed by atoms with Gasteiger partial charge in [-0.1, -0.05) is 0 Å². The van der Waals surface area contributed by atoms with Crippen LogP contribution in [0.2, 0.25) is 0 Å². The molecule has 3 heterocycles. The maximum absolute atomic E-state index is 12.5. The average molecular weight is 447 g/mol. The van der Waals surface area contributed by atoms with E-state index in [2.05, 4.69) is 35.5 Å². The minimum absolute atomic E-state index is 0.176. The monoisotopic (exact) mass is 447 g/mol. The summed E-state index contributed by atoms with van der Waals surface area (Å²) >= 11 is 0. The fraction of sp³-hybridized carbons (Fsp3) is 0.350. The Bertz CT molecular complexity index is 1120. The highest BCUT2D eigenvalue weighted by molar-refractivity contribution is 5.42. The summed E-state index contributed by atoms with van der Waals surface area (Å²) in [4.78, 5) is 20.8. The summed E-state index contributed by atoms with van der Waals surface area (Å²) < 4.78 is 42.2. The SMILES string of the molecule is Cc1cnc(N[C@H]2CC[C@H](Nc3ccc(-n4cccc(OC(F)(F)F)c4=O)cn3)C2)nn1. The molecule has 0 saturated heterocycles. The number of aromatic nitrogens is 5. The third kappa shape index (κ3) is 5.31. The van der Waals surface area contributed by atoms with Gasteiger partial charge in [-0.25, -0.2) is 9.97 Å². The molecule has 1 aliphatic carbocycles. The molecule has 1 aliphatic rings. The summed E-state index contributed by atoms with van der Waals surface area (Å²) in [6.07, 6.45) is 2.15. The number of ether oxygens (including phenoxy) is 1. The predicted octanol–water partition coefficient (Wildman–Crippen LogP) is 3.07. The summed E-state index contributed by atoms with van der Waals surface area (Å²) in [5.41, 5.74) is 0.144. The van der Waals surface area contributed by atoms with Crippen molar-refractivity contribution >= 4 is 11.8 Å². The van der Waals surface area contributed by atoms with Gasteiger partial charge in [0.1, 0.15) is 5.82 Å². The van der Waals surface area contributed by atoms with Gasteiger partial charge >= 0.3 is 6.36 Å². The van der Waals surface area contributed by atoms with Crippen LogP contribution in [0, 0.1) is 6.92 Å². The van der Waals surface area contributed by atoms with Crippen LogP contribution in [0.3, 0.4) is 0 Å². The predicted molar refractivity (Wildman–Crippen MR) is 110 cm³/mol. The molecular weight excluding hydrogens is 427 g/mol. The van der Waals surface area contributed by atoms with Gasteiger partial charge in [-0.05, 0) is 50.5 Å². The number of nitrogens with one attached hydrogen (secondary N) is 2. The van der Waals surface area contributed by atoms with Crippen LogP contribution in [0.15, 0.2) is 47.7 Å². The molecule has 0 radical (unpaired) electrons. The smallest absolute Gasteiger partial charge is 0.400 e. The van der Waals surface area contributed by atoms with E-state index in [0.29, 0.717) is 17.5 Å². The summed E-state index contributed by atoms with van der Waals surface area (Å²) in [5.74, 6) is 0.286. The average Bonchev–Trinajstić information content (AvgIpc) is 3.18. The van der Waals surface area contributed by atoms with Crippen LogP contribution in [-0.2, 0) is 0 Å². The highest BCUT2D eigenvalue weighted by Crippen LogP contribution is 2.25. The molecule has 12 heteroatoms. The highest BCUT2D eigenvalue weighted by atomic mass is 19.4. The van der Waals surface area contributed by atoms with Crippen molar-refractivity contribution in [2.45, 2.75) is 44.6 Å². The number of aryl methyl sites for hydroxylation is 1. The van der Waals surface area contributed by atoms with Gasteiger partial charge in [0.15, 0.2) is 5.75 Å². The van der Waals surface area contributed by atoms with E-state index in [9.17, 15) is 18.0 Å². The first-order chi connectivity index (χ1) is 15.3. The Morgan fingerprint density at radius 3 is 2.50 bits per heavy atom. The second kappa shape index (κ2) is 8.81. The lowest BCUT2D eigenvalue weighted by Gasteiger charge is -2.15. The molecule has 0 unspecified atom stereocenters. The third-order valence-corrected chi connectivity index (χ3v) is 4.96. The van der Waals surface area contributed by atoms with Crippen LogP contribution in [-0.4, -0.2) is 43.2 Å². The van der Waals surface area contributed by atoms with Crippen molar-refractivity contribution < 1.29 is 17.9 Å². The maximum Gasteiger partial charge on any atom is 0.573 e. The quantitative estimate of drug-likeness (QED) is 0.594. The van der Waals surface area contributed by atoms with Gasteiger partial charge in [0, 0.05) is 18.3 Å². The highest BCUT2D eigenvalue weighted by Gasteiger charge is 2.32. The summed E-state index contributed by atoms with van der Waals surface area (Å²) in [6, 6.07) is 5.92. The van der Waals surface area contributed by atoms with E-state index >= 15 is 0 Å². The molecule has 3 aromatic heterocycles. The minimum atomic E-state index is -4.94. The van der Waals surface area contributed by atoms with Gasteiger partial charge in [-0.2, -0.15) is 5.10 Å². The zero-order valence-corrected chi connectivity index (χ0v) is 17.0. The van der Waals surface area contributed by atoms with Gasteiger partial charge in [0.25, 0.3) is 5.56 Å². The number of rotatable bonds is 6. The molecule has 32 heavy (non-hydrogen) atoms. The fourth-order valence-electron chi connectivity index (χ4n) is 3.53. The lowest BCUT2D eigenvalue weighted by atomic mass is 10.2. The molecule has 0 aromatic carbocycles. The molecule has 0 spiro atoms. The zero-order chi connectivity index (χ0) is 22.7. The van der Waals surface area contributed by atoms with Crippen LogP contribution in [0.1, 0.15) is 25.0 Å². The van der Waals surface area contributed by atoms with Crippen LogP contribution in [0.4, 0.5) is 24.9 Å². The van der Waals surface area contributed by atoms with Crippen molar-refractivity contribution in [1.82, 2.24) is 24.7 Å². The lowest BCUT2D eigenvalue weighted by molar-refractivity contribution is -0.275. The number of anilines is 2. The van der Waals surface area contributed by atoms with Crippen molar-refractivity contribution in [3.8, 4) is 11.4 Å². The van der Waals surface area contributed by atoms with E-state index in [1.165, 1.54) is 18.5 Å². The molecule has 168 valence electrons. The second-order valence-electron chi connectivity index (χ2n) is 7.42. The number of nitrogens with zero attached hydrogens (tertiary/aromatic N) is 5. The van der Waals surface area contributed by atoms with Crippen molar-refractivity contribution in [2.24, 2.45) is 0 Å². The second-order valence-corrected chi connectivity index (χ2v) is 7.42. The fourth-order valence-corrected chi connectivity index (χ4v) is 3.53. The summed E-state index contributed by atoms with van der Waals surface area (Å²) in [7, 11) is 0. The Morgan fingerprint density at radius 2 is 1.84 bits per heavy atom. The Morgan fingerprint density at radius 1 is 1.06 bits per heavy atom. The molecular formula is C20H20F3N7O2. The van der Waals surface area contributed by atoms with Crippen LogP contribution in [0.25, 0.3) is 5.69 Å². The Labute approximate surface area is 180 Å². The van der Waals surface area contributed by atoms with Crippen LogP contribution < -0.4 is 20.9 Å². The molecule has 9 nitrogen and oxygen atoms in total. The first-order valence-corrected chi connectivity index (χ1v) is 9.90. The van der Waals surface area contributed by atoms with E-state index in [4.69, 9.17) is 0 Å². The Kier molecular flexibility index (Phi) is 5.93. The van der Waals surface area contributed by atoms with E-state index < -0.39 is 17.7 Å². The molecule has 0 aliphatic heterocycles. The molecule has 3 aromatic rings. The lowest BCUT2D eigenvalue weighted by Crippen LogP contribution is -2.26. The van der Waals surface area contributed by atoms with Crippen molar-refractivity contribution in [1.29, 1.82) is 0 Å². The van der Waals surface area contributed by atoms with Crippen LogP contribution >= 0.6 is 0 Å². The molecule has 1 saturated carbocycles. The number of pyridine rings is 2. The molecule has 2 atom stereocenters. The van der Waals surface area contributed by atoms with Crippen molar-refractivity contribution in [3.63, 3.8) is 0 Å². The third-order valence-electron chi connectivity index (χ3n) is 4.96. The molecule has 0 amide bonds. The van der Waals surface area contributed by atoms with E-state index in [1.54, 1.807) is 18.3 Å². The number of hydrogen-bond acceptors (Lipinski definition) is 8. The van der Waals surface area contributed by atoms with Gasteiger partial charge in [0.05, 0.1) is 23.8 Å². The number of halogens is 3. The minimum Gasteiger partial charge on any atom is -0.400 e. The summed E-state index contributed by atoms with van der Waals surface area (Å²) in [5, 5.41) is 14.6. The first-order valence-electron chi connectivity index (χ1n) is 9.90. The van der Waals surface area contributed by atoms with Crippen LogP contribution in [0.5, 0.6) is 5.75 Å². The molecule has 4 rings (SSSR count). The Balaban J connectivity index is 1.38. The van der Waals surface area contributed by atoms with Gasteiger partial charge in [0.2, 0.25) is 5.95 Å².